The average Bonchev–Trinajstić information content (AvgIpc) is 3.22. The number of nitrogens with zero attached hydrogens (tertiary/aromatic N) is 2. The Labute approximate surface area is 114 Å². The molecular weight excluding hydrogens is 238 g/mol. The molecule has 0 aliphatic heterocycles. The van der Waals surface area contributed by atoms with Gasteiger partial charge in [0.25, 0.3) is 0 Å². The van der Waals surface area contributed by atoms with Crippen molar-refractivity contribution < 1.29 is 5.21 Å². The number of nitrogens with two attached hydrogens (primary N) is 1. The minimum Gasteiger partial charge on any atom is -0.409 e. The third-order valence-electron chi connectivity index (χ3n) is 3.80. The van der Waals surface area contributed by atoms with E-state index in [1.165, 1.54) is 29.5 Å². The van der Waals surface area contributed by atoms with Crippen LogP contribution >= 0.6 is 0 Å². The maximum absolute atomic E-state index is 8.60. The monoisotopic (exact) mass is 261 g/mol. The van der Waals surface area contributed by atoms with Crippen LogP contribution < -0.4 is 5.73 Å². The van der Waals surface area contributed by atoms with Crippen LogP contribution in [0.3, 0.4) is 0 Å². The van der Waals surface area contributed by atoms with Crippen LogP contribution in [0.25, 0.3) is 0 Å². The predicted octanol–water partition coefficient (Wildman–Crippen LogP) is 2.40. The van der Waals surface area contributed by atoms with Crippen molar-refractivity contribution in [2.75, 3.05) is 6.54 Å². The molecule has 1 fully saturated rings. The van der Waals surface area contributed by atoms with Gasteiger partial charge in [0.1, 0.15) is 5.84 Å². The van der Waals surface area contributed by atoms with Gasteiger partial charge >= 0.3 is 0 Å². The van der Waals surface area contributed by atoms with Gasteiger partial charge in [0.05, 0.1) is 0 Å². The molecule has 4 nitrogen and oxygen atoms in total. The normalized spacial score (nSPS) is 16.1. The van der Waals surface area contributed by atoms with Crippen LogP contribution in [0.4, 0.5) is 0 Å². The van der Waals surface area contributed by atoms with Crippen molar-refractivity contribution in [1.82, 2.24) is 4.90 Å². The first-order valence-electron chi connectivity index (χ1n) is 6.86. The third-order valence-corrected chi connectivity index (χ3v) is 3.80. The predicted molar refractivity (Wildman–Crippen MR) is 77.4 cm³/mol. The second-order valence-electron chi connectivity index (χ2n) is 5.46. The summed E-state index contributed by atoms with van der Waals surface area (Å²) in [5.74, 6) is 0.311. The minimum atomic E-state index is 0.311. The zero-order chi connectivity index (χ0) is 13.8. The van der Waals surface area contributed by atoms with Crippen molar-refractivity contribution in [3.05, 3.63) is 34.9 Å². The van der Waals surface area contributed by atoms with Gasteiger partial charge in [-0.3, -0.25) is 4.90 Å². The molecule has 1 saturated carbocycles. The van der Waals surface area contributed by atoms with E-state index >= 15 is 0 Å². The molecule has 0 spiro atoms. The van der Waals surface area contributed by atoms with Gasteiger partial charge in [-0.15, -0.1) is 0 Å². The second-order valence-corrected chi connectivity index (χ2v) is 5.46. The lowest BCUT2D eigenvalue weighted by molar-refractivity contribution is 0.259. The maximum atomic E-state index is 8.60. The molecule has 1 aromatic carbocycles. The third kappa shape index (κ3) is 3.96. The molecule has 4 heteroatoms. The summed E-state index contributed by atoms with van der Waals surface area (Å²) < 4.78 is 0. The Kier molecular flexibility index (Phi) is 4.43. The largest absolute Gasteiger partial charge is 0.409 e. The van der Waals surface area contributed by atoms with Crippen LogP contribution in [0.2, 0.25) is 0 Å². The molecule has 1 aliphatic carbocycles. The van der Waals surface area contributed by atoms with Gasteiger partial charge < -0.3 is 10.9 Å². The van der Waals surface area contributed by atoms with Gasteiger partial charge in [0.2, 0.25) is 0 Å². The van der Waals surface area contributed by atoms with Crippen molar-refractivity contribution in [3.63, 3.8) is 0 Å². The number of oxime groups is 1. The van der Waals surface area contributed by atoms with Gasteiger partial charge in [0, 0.05) is 25.6 Å². The first-order chi connectivity index (χ1) is 9.10. The molecule has 104 valence electrons. The van der Waals surface area contributed by atoms with Crippen LogP contribution in [-0.2, 0) is 6.54 Å². The summed E-state index contributed by atoms with van der Waals surface area (Å²) in [6.07, 6.45) is 3.15. The number of rotatable bonds is 6. The molecule has 1 aromatic rings. The molecule has 0 aromatic heterocycles. The van der Waals surface area contributed by atoms with E-state index in [1.807, 2.05) is 0 Å². The Balaban J connectivity index is 1.98. The number of amidine groups is 1. The van der Waals surface area contributed by atoms with E-state index in [0.29, 0.717) is 18.3 Å². The van der Waals surface area contributed by atoms with E-state index in [1.54, 1.807) is 0 Å². The summed E-state index contributed by atoms with van der Waals surface area (Å²) in [6, 6.07) is 7.31. The summed E-state index contributed by atoms with van der Waals surface area (Å²) in [4.78, 5) is 2.43. The first kappa shape index (κ1) is 13.9. The van der Waals surface area contributed by atoms with E-state index < -0.39 is 0 Å². The Hall–Kier alpha value is -1.55. The lowest BCUT2D eigenvalue weighted by atomic mass is 10.1. The number of aryl methyl sites for hydroxylation is 2. The van der Waals surface area contributed by atoms with E-state index in [9.17, 15) is 0 Å². The van der Waals surface area contributed by atoms with Gasteiger partial charge in [-0.2, -0.15) is 0 Å². The topological polar surface area (TPSA) is 61.8 Å². The lowest BCUT2D eigenvalue weighted by Gasteiger charge is -2.22. The summed E-state index contributed by atoms with van der Waals surface area (Å²) in [6.45, 7) is 6.09. The molecule has 19 heavy (non-hydrogen) atoms. The van der Waals surface area contributed by atoms with E-state index in [2.05, 4.69) is 42.1 Å². The highest BCUT2D eigenvalue weighted by molar-refractivity contribution is 5.79. The van der Waals surface area contributed by atoms with Crippen LogP contribution in [0, 0.1) is 13.8 Å². The summed E-state index contributed by atoms with van der Waals surface area (Å²) in [5, 5.41) is 11.6. The van der Waals surface area contributed by atoms with Crippen LogP contribution in [0.5, 0.6) is 0 Å². The smallest absolute Gasteiger partial charge is 0.140 e. The quantitative estimate of drug-likeness (QED) is 0.358. The Morgan fingerprint density at radius 1 is 1.37 bits per heavy atom. The fraction of sp³-hybridized carbons (Fsp3) is 0.533. The molecule has 0 radical (unpaired) electrons. The zero-order valence-electron chi connectivity index (χ0n) is 11.8. The first-order valence-corrected chi connectivity index (χ1v) is 6.86. The summed E-state index contributed by atoms with van der Waals surface area (Å²) >= 11 is 0. The Bertz CT molecular complexity index is 466. The van der Waals surface area contributed by atoms with Gasteiger partial charge in [-0.25, -0.2) is 0 Å². The van der Waals surface area contributed by atoms with Crippen molar-refractivity contribution in [3.8, 4) is 0 Å². The molecule has 0 amide bonds. The molecule has 0 heterocycles. The molecule has 0 bridgehead atoms. The molecule has 0 atom stereocenters. The SMILES string of the molecule is Cc1ccc(CN(CC/C(N)=N/O)C2CC2)cc1C. The Morgan fingerprint density at radius 2 is 2.11 bits per heavy atom. The van der Waals surface area contributed by atoms with E-state index in [4.69, 9.17) is 10.9 Å². The fourth-order valence-electron chi connectivity index (χ4n) is 2.27. The maximum Gasteiger partial charge on any atom is 0.140 e. The number of benzene rings is 1. The van der Waals surface area contributed by atoms with Gasteiger partial charge in [-0.1, -0.05) is 23.4 Å². The number of hydrogen-bond acceptors (Lipinski definition) is 3. The molecule has 2 rings (SSSR count). The summed E-state index contributed by atoms with van der Waals surface area (Å²) in [5.41, 5.74) is 9.56. The highest BCUT2D eigenvalue weighted by Crippen LogP contribution is 2.28. The fourth-order valence-corrected chi connectivity index (χ4v) is 2.27. The van der Waals surface area contributed by atoms with Crippen LogP contribution in [0.15, 0.2) is 23.4 Å². The van der Waals surface area contributed by atoms with Crippen LogP contribution in [0.1, 0.15) is 36.0 Å². The van der Waals surface area contributed by atoms with Crippen LogP contribution in [-0.4, -0.2) is 28.5 Å². The molecular formula is C15H23N3O. The highest BCUT2D eigenvalue weighted by Gasteiger charge is 2.28. The Morgan fingerprint density at radius 3 is 2.68 bits per heavy atom. The standard InChI is InChI=1S/C15H23N3O/c1-11-3-4-13(9-12(11)2)10-18(14-5-6-14)8-7-15(16)17-19/h3-4,9,14,19H,5-8,10H2,1-2H3,(H2,16,17). The van der Waals surface area contributed by atoms with Crippen molar-refractivity contribution in [1.29, 1.82) is 0 Å². The van der Waals surface area contributed by atoms with Crippen molar-refractivity contribution in [2.24, 2.45) is 10.9 Å². The van der Waals surface area contributed by atoms with Gasteiger partial charge in [0.15, 0.2) is 0 Å². The highest BCUT2D eigenvalue weighted by atomic mass is 16.4. The van der Waals surface area contributed by atoms with Gasteiger partial charge in [-0.05, 0) is 43.4 Å². The second kappa shape index (κ2) is 6.06. The zero-order valence-corrected chi connectivity index (χ0v) is 11.8. The van der Waals surface area contributed by atoms with E-state index in [-0.39, 0.29) is 0 Å². The van der Waals surface area contributed by atoms with Crippen molar-refractivity contribution in [2.45, 2.75) is 45.7 Å². The van der Waals surface area contributed by atoms with E-state index in [0.717, 1.165) is 13.1 Å². The molecule has 0 unspecified atom stereocenters. The van der Waals surface area contributed by atoms with Crippen molar-refractivity contribution >= 4 is 5.84 Å². The molecule has 3 N–H and O–H groups in total. The lowest BCUT2D eigenvalue weighted by Crippen LogP contribution is -2.29. The number of hydrogen-bond donors (Lipinski definition) is 2. The average molecular weight is 261 g/mol. The molecule has 0 saturated heterocycles. The minimum absolute atomic E-state index is 0.311. The summed E-state index contributed by atoms with van der Waals surface area (Å²) in [7, 11) is 0. The molecule has 1 aliphatic rings.